The average molecular weight is 159 g/mol. The molecule has 0 aliphatic heterocycles. The molecule has 2 N–H and O–H groups in total. The largest absolute Gasteiger partial charge is 0.300 e. The smallest absolute Gasteiger partial charge is 0.131 e. The van der Waals surface area contributed by atoms with Gasteiger partial charge in [0.25, 0.3) is 0 Å². The van der Waals surface area contributed by atoms with Crippen LogP contribution < -0.4 is 5.90 Å². The second-order valence-electron chi connectivity index (χ2n) is 2.01. The van der Waals surface area contributed by atoms with E-state index in [9.17, 15) is 8.78 Å². The lowest BCUT2D eigenvalue weighted by Crippen LogP contribution is -2.03. The van der Waals surface area contributed by atoms with Crippen molar-refractivity contribution in [1.82, 2.24) is 0 Å². The summed E-state index contributed by atoms with van der Waals surface area (Å²) in [4.78, 5) is 4.11. The molecule has 0 fully saturated rings. The Labute approximate surface area is 62.5 Å². The van der Waals surface area contributed by atoms with Crippen molar-refractivity contribution in [2.45, 2.75) is 6.61 Å². The molecule has 1 aromatic carbocycles. The first-order valence-electron chi connectivity index (χ1n) is 3.00. The van der Waals surface area contributed by atoms with Gasteiger partial charge >= 0.3 is 0 Å². The Morgan fingerprint density at radius 2 is 1.82 bits per heavy atom. The van der Waals surface area contributed by atoms with Crippen molar-refractivity contribution in [2.24, 2.45) is 5.90 Å². The fourth-order valence-electron chi connectivity index (χ4n) is 0.754. The molecule has 1 rings (SSSR count). The molecule has 2 nitrogen and oxygen atoms in total. The highest BCUT2D eigenvalue weighted by atomic mass is 19.1. The number of nitrogens with two attached hydrogens (primary N) is 1. The van der Waals surface area contributed by atoms with Crippen molar-refractivity contribution >= 4 is 0 Å². The Kier molecular flexibility index (Phi) is 2.51. The summed E-state index contributed by atoms with van der Waals surface area (Å²) in [7, 11) is 0. The van der Waals surface area contributed by atoms with E-state index in [4.69, 9.17) is 0 Å². The van der Waals surface area contributed by atoms with Gasteiger partial charge in [-0.3, -0.25) is 4.84 Å². The molecule has 0 saturated heterocycles. The molecular formula is C7H7F2NO. The second-order valence-corrected chi connectivity index (χ2v) is 2.01. The second kappa shape index (κ2) is 3.41. The van der Waals surface area contributed by atoms with Crippen molar-refractivity contribution in [1.29, 1.82) is 0 Å². The maximum atomic E-state index is 12.7. The third-order valence-corrected chi connectivity index (χ3v) is 1.29. The molecule has 0 amide bonds. The van der Waals surface area contributed by atoms with E-state index in [1.165, 1.54) is 6.07 Å². The molecule has 0 radical (unpaired) electrons. The van der Waals surface area contributed by atoms with Gasteiger partial charge in [0.15, 0.2) is 0 Å². The molecule has 0 spiro atoms. The van der Waals surface area contributed by atoms with Crippen LogP contribution in [0, 0.1) is 11.6 Å². The van der Waals surface area contributed by atoms with E-state index in [0.29, 0.717) is 0 Å². The van der Waals surface area contributed by atoms with Crippen LogP contribution in [-0.4, -0.2) is 0 Å². The van der Waals surface area contributed by atoms with Gasteiger partial charge in [-0.2, -0.15) is 0 Å². The minimum atomic E-state index is -0.643. The number of hydrogen-bond donors (Lipinski definition) is 1. The summed E-state index contributed by atoms with van der Waals surface area (Å²) in [6.07, 6.45) is 0. The zero-order valence-corrected chi connectivity index (χ0v) is 5.68. The Hall–Kier alpha value is -1.00. The van der Waals surface area contributed by atoms with Crippen LogP contribution in [0.5, 0.6) is 0 Å². The first-order chi connectivity index (χ1) is 5.25. The topological polar surface area (TPSA) is 35.2 Å². The molecule has 60 valence electrons. The quantitative estimate of drug-likeness (QED) is 0.661. The molecule has 0 heterocycles. The molecule has 0 aliphatic rings. The van der Waals surface area contributed by atoms with Gasteiger partial charge in [-0.25, -0.2) is 14.7 Å². The van der Waals surface area contributed by atoms with Crippen LogP contribution in [-0.2, 0) is 11.4 Å². The Bertz CT molecular complexity index is 232. The zero-order chi connectivity index (χ0) is 8.27. The van der Waals surface area contributed by atoms with Crippen LogP contribution in [0.15, 0.2) is 18.2 Å². The van der Waals surface area contributed by atoms with Gasteiger partial charge in [-0.1, -0.05) is 6.07 Å². The molecular weight excluding hydrogens is 152 g/mol. The van der Waals surface area contributed by atoms with Crippen molar-refractivity contribution in [2.75, 3.05) is 0 Å². The number of benzene rings is 1. The minimum absolute atomic E-state index is 0.144. The highest BCUT2D eigenvalue weighted by Gasteiger charge is 2.06. The molecule has 0 saturated carbocycles. The van der Waals surface area contributed by atoms with Gasteiger partial charge in [0.05, 0.1) is 12.2 Å². The van der Waals surface area contributed by atoms with Gasteiger partial charge in [0.2, 0.25) is 0 Å². The summed E-state index contributed by atoms with van der Waals surface area (Å²) in [6.45, 7) is -0.251. The Morgan fingerprint density at radius 1 is 1.27 bits per heavy atom. The van der Waals surface area contributed by atoms with E-state index < -0.39 is 11.6 Å². The summed E-state index contributed by atoms with van der Waals surface area (Å²) >= 11 is 0. The van der Waals surface area contributed by atoms with Crippen LogP contribution in [0.3, 0.4) is 0 Å². The first kappa shape index (κ1) is 8.10. The monoisotopic (exact) mass is 159 g/mol. The zero-order valence-electron chi connectivity index (χ0n) is 5.68. The van der Waals surface area contributed by atoms with E-state index in [1.807, 2.05) is 0 Å². The van der Waals surface area contributed by atoms with Crippen LogP contribution >= 0.6 is 0 Å². The maximum Gasteiger partial charge on any atom is 0.131 e. The summed E-state index contributed by atoms with van der Waals surface area (Å²) in [5.41, 5.74) is -0.144. The van der Waals surface area contributed by atoms with Crippen molar-refractivity contribution in [3.05, 3.63) is 35.4 Å². The van der Waals surface area contributed by atoms with E-state index in [1.54, 1.807) is 0 Å². The third kappa shape index (κ3) is 1.72. The molecule has 0 atom stereocenters. The molecule has 1 aromatic rings. The van der Waals surface area contributed by atoms with E-state index in [2.05, 4.69) is 10.7 Å². The lowest BCUT2D eigenvalue weighted by atomic mass is 10.2. The molecule has 0 bridgehead atoms. The summed E-state index contributed by atoms with van der Waals surface area (Å²) < 4.78 is 25.3. The molecule has 4 heteroatoms. The maximum absolute atomic E-state index is 12.7. The third-order valence-electron chi connectivity index (χ3n) is 1.29. The van der Waals surface area contributed by atoms with E-state index in [0.717, 1.165) is 12.1 Å². The molecule has 0 aliphatic carbocycles. The van der Waals surface area contributed by atoms with Gasteiger partial charge in [-0.05, 0) is 12.1 Å². The normalized spacial score (nSPS) is 10.1. The first-order valence-corrected chi connectivity index (χ1v) is 3.00. The SMILES string of the molecule is NOCc1c(F)cccc1F. The van der Waals surface area contributed by atoms with Crippen LogP contribution in [0.1, 0.15) is 5.56 Å². The van der Waals surface area contributed by atoms with Gasteiger partial charge in [0.1, 0.15) is 11.6 Å². The van der Waals surface area contributed by atoms with Crippen molar-refractivity contribution < 1.29 is 13.6 Å². The number of halogens is 2. The van der Waals surface area contributed by atoms with Gasteiger partial charge in [-0.15, -0.1) is 0 Å². The summed E-state index contributed by atoms with van der Waals surface area (Å²) in [5.74, 6) is 3.38. The lowest BCUT2D eigenvalue weighted by Gasteiger charge is -2.01. The molecule has 0 aromatic heterocycles. The van der Waals surface area contributed by atoms with Crippen LogP contribution in [0.25, 0.3) is 0 Å². The molecule has 11 heavy (non-hydrogen) atoms. The fraction of sp³-hybridized carbons (Fsp3) is 0.143. The average Bonchev–Trinajstić information content (AvgIpc) is 1.97. The molecule has 0 unspecified atom stereocenters. The van der Waals surface area contributed by atoms with Gasteiger partial charge < -0.3 is 0 Å². The van der Waals surface area contributed by atoms with E-state index in [-0.39, 0.29) is 12.2 Å². The predicted octanol–water partition coefficient (Wildman–Crippen LogP) is 1.36. The Morgan fingerprint density at radius 3 is 2.27 bits per heavy atom. The summed E-state index contributed by atoms with van der Waals surface area (Å²) in [5, 5.41) is 0. The number of hydrogen-bond acceptors (Lipinski definition) is 2. The van der Waals surface area contributed by atoms with Crippen molar-refractivity contribution in [3.63, 3.8) is 0 Å². The van der Waals surface area contributed by atoms with E-state index >= 15 is 0 Å². The highest BCUT2D eigenvalue weighted by molar-refractivity contribution is 5.18. The number of rotatable bonds is 2. The van der Waals surface area contributed by atoms with Crippen LogP contribution in [0.2, 0.25) is 0 Å². The Balaban J connectivity index is 3.00. The summed E-state index contributed by atoms with van der Waals surface area (Å²) in [6, 6.07) is 3.58. The highest BCUT2D eigenvalue weighted by Crippen LogP contribution is 2.11. The van der Waals surface area contributed by atoms with Crippen LogP contribution in [0.4, 0.5) is 8.78 Å². The standard InChI is InChI=1S/C7H7F2NO/c8-6-2-1-3-7(9)5(6)4-11-10/h1-3H,4,10H2. The fourth-order valence-corrected chi connectivity index (χ4v) is 0.754. The lowest BCUT2D eigenvalue weighted by molar-refractivity contribution is 0.119. The van der Waals surface area contributed by atoms with Gasteiger partial charge in [0, 0.05) is 0 Å². The van der Waals surface area contributed by atoms with Crippen molar-refractivity contribution in [3.8, 4) is 0 Å². The minimum Gasteiger partial charge on any atom is -0.300 e. The predicted molar refractivity (Wildman–Crippen MR) is 35.3 cm³/mol.